The first kappa shape index (κ1) is 13.7. The van der Waals surface area contributed by atoms with Crippen LogP contribution < -0.4 is 5.32 Å². The number of carbonyl (C=O) groups is 1. The number of alkyl halides is 2. The molecule has 0 fully saturated rings. The molecule has 0 unspecified atom stereocenters. The van der Waals surface area contributed by atoms with Crippen molar-refractivity contribution in [1.82, 2.24) is 24.9 Å². The molecule has 0 aliphatic carbocycles. The second-order valence-corrected chi connectivity index (χ2v) is 4.54. The van der Waals surface area contributed by atoms with E-state index in [4.69, 9.17) is 0 Å². The molecule has 2 rings (SSSR count). The maximum Gasteiger partial charge on any atom is 0.333 e. The third kappa shape index (κ3) is 2.80. The highest BCUT2D eigenvalue weighted by molar-refractivity contribution is 9.10. The van der Waals surface area contributed by atoms with Crippen LogP contribution in [-0.2, 0) is 13.6 Å². The number of amides is 1. The minimum atomic E-state index is -2.85. The summed E-state index contributed by atoms with van der Waals surface area (Å²) in [5, 5.41) is 9.92. The molecule has 1 N–H and O–H groups in total. The maximum atomic E-state index is 12.6. The number of rotatable bonds is 4. The van der Waals surface area contributed by atoms with Crippen LogP contribution in [0, 0.1) is 0 Å². The summed E-state index contributed by atoms with van der Waals surface area (Å²) in [5.41, 5.74) is 0.546. The standard InChI is InChI=1S/C10H10BrF2N5O/c1-17-8(6(11)4-16-17)5-14-9(19)7-2-3-15-18(7)10(12)13/h2-4,10H,5H2,1H3,(H,14,19). The quantitative estimate of drug-likeness (QED) is 0.926. The molecule has 6 nitrogen and oxygen atoms in total. The van der Waals surface area contributed by atoms with Gasteiger partial charge in [0.2, 0.25) is 0 Å². The summed E-state index contributed by atoms with van der Waals surface area (Å²) in [6.45, 7) is -2.68. The number of nitrogens with zero attached hydrogens (tertiary/aromatic N) is 4. The fourth-order valence-corrected chi connectivity index (χ4v) is 2.03. The van der Waals surface area contributed by atoms with Crippen molar-refractivity contribution in [3.05, 3.63) is 34.3 Å². The maximum absolute atomic E-state index is 12.6. The van der Waals surface area contributed by atoms with E-state index in [1.54, 1.807) is 17.9 Å². The highest BCUT2D eigenvalue weighted by atomic mass is 79.9. The Hall–Kier alpha value is -1.77. The van der Waals surface area contributed by atoms with Gasteiger partial charge in [-0.15, -0.1) is 0 Å². The minimum absolute atomic E-state index is 0.171. The summed E-state index contributed by atoms with van der Waals surface area (Å²) in [5.74, 6) is -0.620. The van der Waals surface area contributed by atoms with Crippen molar-refractivity contribution in [2.75, 3.05) is 0 Å². The lowest BCUT2D eigenvalue weighted by molar-refractivity contribution is 0.0509. The van der Waals surface area contributed by atoms with Crippen LogP contribution >= 0.6 is 15.9 Å². The van der Waals surface area contributed by atoms with E-state index in [1.165, 1.54) is 6.07 Å². The van der Waals surface area contributed by atoms with Crippen molar-refractivity contribution >= 4 is 21.8 Å². The van der Waals surface area contributed by atoms with E-state index in [0.29, 0.717) is 4.68 Å². The topological polar surface area (TPSA) is 64.7 Å². The van der Waals surface area contributed by atoms with Gasteiger partial charge >= 0.3 is 6.55 Å². The van der Waals surface area contributed by atoms with Crippen molar-refractivity contribution < 1.29 is 13.6 Å². The molecular formula is C10H10BrF2N5O. The van der Waals surface area contributed by atoms with Gasteiger partial charge < -0.3 is 5.32 Å². The Bertz CT molecular complexity index is 575. The Morgan fingerprint density at radius 2 is 2.26 bits per heavy atom. The molecule has 0 aliphatic heterocycles. The highest BCUT2D eigenvalue weighted by Gasteiger charge is 2.18. The number of nitrogens with one attached hydrogen (secondary N) is 1. The van der Waals surface area contributed by atoms with Crippen LogP contribution in [0.3, 0.4) is 0 Å². The number of aromatic nitrogens is 4. The SMILES string of the molecule is Cn1ncc(Br)c1CNC(=O)c1ccnn1C(F)F. The van der Waals surface area contributed by atoms with Crippen molar-refractivity contribution in [1.29, 1.82) is 0 Å². The van der Waals surface area contributed by atoms with Crippen molar-refractivity contribution in [2.24, 2.45) is 7.05 Å². The van der Waals surface area contributed by atoms with Crippen LogP contribution in [-0.4, -0.2) is 25.5 Å². The highest BCUT2D eigenvalue weighted by Crippen LogP contribution is 2.15. The van der Waals surface area contributed by atoms with Crippen molar-refractivity contribution in [3.63, 3.8) is 0 Å². The van der Waals surface area contributed by atoms with E-state index < -0.39 is 12.5 Å². The average molecular weight is 334 g/mol. The van der Waals surface area contributed by atoms with Crippen LogP contribution in [0.4, 0.5) is 8.78 Å². The van der Waals surface area contributed by atoms with Gasteiger partial charge in [0.25, 0.3) is 5.91 Å². The van der Waals surface area contributed by atoms with E-state index >= 15 is 0 Å². The van der Waals surface area contributed by atoms with E-state index in [2.05, 4.69) is 31.4 Å². The Kier molecular flexibility index (Phi) is 3.93. The number of hydrogen-bond donors (Lipinski definition) is 1. The Morgan fingerprint density at radius 1 is 1.53 bits per heavy atom. The first-order chi connectivity index (χ1) is 9.00. The molecule has 0 atom stereocenters. The second-order valence-electron chi connectivity index (χ2n) is 3.68. The second kappa shape index (κ2) is 5.47. The number of hydrogen-bond acceptors (Lipinski definition) is 3. The van der Waals surface area contributed by atoms with Gasteiger partial charge in [0.1, 0.15) is 5.69 Å². The lowest BCUT2D eigenvalue weighted by Gasteiger charge is -2.08. The Morgan fingerprint density at radius 3 is 2.84 bits per heavy atom. The first-order valence-electron chi connectivity index (χ1n) is 5.27. The van der Waals surface area contributed by atoms with E-state index in [9.17, 15) is 13.6 Å². The van der Waals surface area contributed by atoms with Gasteiger partial charge in [0.05, 0.1) is 22.9 Å². The summed E-state index contributed by atoms with van der Waals surface area (Å²) in [7, 11) is 1.72. The van der Waals surface area contributed by atoms with E-state index in [0.717, 1.165) is 16.4 Å². The fraction of sp³-hybridized carbons (Fsp3) is 0.300. The van der Waals surface area contributed by atoms with Crippen molar-refractivity contribution in [3.8, 4) is 0 Å². The molecule has 2 heterocycles. The molecule has 2 aromatic rings. The number of aryl methyl sites for hydroxylation is 1. The summed E-state index contributed by atoms with van der Waals surface area (Å²) >= 11 is 3.28. The third-order valence-corrected chi connectivity index (χ3v) is 3.18. The normalized spacial score (nSPS) is 11.0. The van der Waals surface area contributed by atoms with Crippen LogP contribution in [0.25, 0.3) is 0 Å². The molecule has 0 bridgehead atoms. The lowest BCUT2D eigenvalue weighted by Crippen LogP contribution is -2.27. The molecule has 0 saturated carbocycles. The molecule has 0 aliphatic rings. The predicted molar refractivity (Wildman–Crippen MR) is 65.6 cm³/mol. The van der Waals surface area contributed by atoms with Gasteiger partial charge in [-0.2, -0.15) is 23.7 Å². The third-order valence-electron chi connectivity index (χ3n) is 2.51. The van der Waals surface area contributed by atoms with Gasteiger partial charge in [0, 0.05) is 13.2 Å². The molecular weight excluding hydrogens is 324 g/mol. The predicted octanol–water partition coefficient (Wildman–Crippen LogP) is 1.70. The summed E-state index contributed by atoms with van der Waals surface area (Å²) < 4.78 is 27.8. The van der Waals surface area contributed by atoms with Gasteiger partial charge in [-0.1, -0.05) is 0 Å². The first-order valence-corrected chi connectivity index (χ1v) is 6.06. The van der Waals surface area contributed by atoms with Gasteiger partial charge in [-0.25, -0.2) is 0 Å². The Balaban J connectivity index is 2.08. The Labute approximate surface area is 115 Å². The zero-order valence-electron chi connectivity index (χ0n) is 9.85. The van der Waals surface area contributed by atoms with Crippen LogP contribution in [0.2, 0.25) is 0 Å². The molecule has 9 heteroatoms. The molecule has 19 heavy (non-hydrogen) atoms. The smallest absolute Gasteiger partial charge is 0.333 e. The lowest BCUT2D eigenvalue weighted by atomic mass is 10.3. The van der Waals surface area contributed by atoms with Gasteiger partial charge in [0.15, 0.2) is 0 Å². The van der Waals surface area contributed by atoms with E-state index in [-0.39, 0.29) is 12.2 Å². The molecule has 102 valence electrons. The molecule has 0 spiro atoms. The number of halogens is 3. The largest absolute Gasteiger partial charge is 0.345 e. The fourth-order valence-electron chi connectivity index (χ4n) is 1.54. The van der Waals surface area contributed by atoms with Gasteiger partial charge in [-0.3, -0.25) is 9.48 Å². The van der Waals surface area contributed by atoms with Crippen LogP contribution in [0.5, 0.6) is 0 Å². The zero-order valence-corrected chi connectivity index (χ0v) is 11.4. The molecule has 2 aromatic heterocycles. The average Bonchev–Trinajstić information content (AvgIpc) is 2.95. The number of carbonyl (C=O) groups excluding carboxylic acids is 1. The van der Waals surface area contributed by atoms with Gasteiger partial charge in [-0.05, 0) is 22.0 Å². The molecule has 1 amide bonds. The monoisotopic (exact) mass is 333 g/mol. The van der Waals surface area contributed by atoms with Crippen LogP contribution in [0.1, 0.15) is 22.7 Å². The summed E-state index contributed by atoms with van der Waals surface area (Å²) in [4.78, 5) is 11.8. The molecule has 0 saturated heterocycles. The summed E-state index contributed by atoms with van der Waals surface area (Å²) in [6.07, 6.45) is 2.74. The molecule has 0 radical (unpaired) electrons. The zero-order chi connectivity index (χ0) is 14.0. The van der Waals surface area contributed by atoms with Crippen molar-refractivity contribution in [2.45, 2.75) is 13.1 Å². The van der Waals surface area contributed by atoms with E-state index in [1.807, 2.05) is 0 Å². The minimum Gasteiger partial charge on any atom is -0.345 e. The molecule has 0 aromatic carbocycles. The van der Waals surface area contributed by atoms with Crippen LogP contribution in [0.15, 0.2) is 22.9 Å². The summed E-state index contributed by atoms with van der Waals surface area (Å²) in [6, 6.07) is 1.24.